The zero-order chi connectivity index (χ0) is 24.4. The van der Waals surface area contributed by atoms with Crippen molar-refractivity contribution in [3.63, 3.8) is 0 Å². The molecule has 0 saturated carbocycles. The molecule has 7 rings (SSSR count). The number of hydrogen-bond acceptors (Lipinski definition) is 2. The van der Waals surface area contributed by atoms with Gasteiger partial charge in [-0.25, -0.2) is 0 Å². The van der Waals surface area contributed by atoms with E-state index < -0.39 is 0 Å². The molecule has 0 radical (unpaired) electrons. The van der Waals surface area contributed by atoms with Crippen molar-refractivity contribution in [1.29, 1.82) is 0 Å². The predicted octanol–water partition coefficient (Wildman–Crippen LogP) is 10.4. The second kappa shape index (κ2) is 8.10. The molecule has 0 atom stereocenters. The van der Waals surface area contributed by atoms with Gasteiger partial charge in [-0.1, -0.05) is 73.3 Å². The third-order valence-corrected chi connectivity index (χ3v) is 8.06. The molecule has 0 spiro atoms. The summed E-state index contributed by atoms with van der Waals surface area (Å²) in [7, 11) is 0. The van der Waals surface area contributed by atoms with Crippen molar-refractivity contribution in [3.05, 3.63) is 112 Å². The van der Waals surface area contributed by atoms with Gasteiger partial charge in [-0.2, -0.15) is 0 Å². The van der Waals surface area contributed by atoms with Crippen LogP contribution in [0.3, 0.4) is 0 Å². The topological polar surface area (TPSA) is 26.3 Å². The maximum absolute atomic E-state index is 6.41. The highest BCUT2D eigenvalue weighted by atomic mass is 127. The van der Waals surface area contributed by atoms with Crippen molar-refractivity contribution in [1.82, 2.24) is 0 Å². The molecule has 0 amide bonds. The van der Waals surface area contributed by atoms with Gasteiger partial charge in [0.2, 0.25) is 0 Å². The number of benzene rings is 5. The zero-order valence-corrected chi connectivity index (χ0v) is 21.8. The van der Waals surface area contributed by atoms with Crippen molar-refractivity contribution < 1.29 is 8.83 Å². The third-order valence-electron chi connectivity index (χ3n) is 7.12. The molecule has 2 nitrogen and oxygen atoms in total. The molecule has 0 saturated heterocycles. The first-order valence-corrected chi connectivity index (χ1v) is 13.0. The fourth-order valence-corrected chi connectivity index (χ4v) is 5.95. The van der Waals surface area contributed by atoms with Crippen LogP contribution in [0, 0.1) is 10.5 Å². The molecule has 0 aliphatic rings. The Kier molecular flexibility index (Phi) is 4.83. The van der Waals surface area contributed by atoms with Crippen molar-refractivity contribution in [2.75, 3.05) is 0 Å². The molecule has 5 aromatic carbocycles. The molecule has 36 heavy (non-hydrogen) atoms. The van der Waals surface area contributed by atoms with Crippen molar-refractivity contribution in [2.24, 2.45) is 0 Å². The highest BCUT2D eigenvalue weighted by Crippen LogP contribution is 2.41. The quantitative estimate of drug-likeness (QED) is 0.196. The molecule has 0 bridgehead atoms. The molecule has 0 N–H and O–H groups in total. The van der Waals surface area contributed by atoms with E-state index in [9.17, 15) is 0 Å². The van der Waals surface area contributed by atoms with E-state index >= 15 is 0 Å². The fraction of sp³-hybridized carbons (Fsp3) is 0.0303. The molecular formula is C33H21IO2. The van der Waals surface area contributed by atoms with Crippen LogP contribution in [-0.4, -0.2) is 0 Å². The highest BCUT2D eigenvalue weighted by Gasteiger charge is 2.21. The number of fused-ring (bicyclic) bond motifs is 4. The SMILES string of the molecule is C=Cc1c(-c2oc3ccccc3c2C)oc2cc3ccc(-c4ccc(I)c5ccccc45)cc3cc12. The van der Waals surface area contributed by atoms with Crippen LogP contribution in [0.5, 0.6) is 0 Å². The lowest BCUT2D eigenvalue weighted by Gasteiger charge is -2.10. The Hall–Kier alpha value is -3.83. The summed E-state index contributed by atoms with van der Waals surface area (Å²) >= 11 is 2.41. The summed E-state index contributed by atoms with van der Waals surface area (Å²) in [5.74, 6) is 1.49. The second-order valence-electron chi connectivity index (χ2n) is 9.15. The fourth-order valence-electron chi connectivity index (χ4n) is 5.30. The van der Waals surface area contributed by atoms with E-state index in [4.69, 9.17) is 8.83 Å². The normalized spacial score (nSPS) is 11.7. The minimum absolute atomic E-state index is 0.729. The highest BCUT2D eigenvalue weighted by molar-refractivity contribution is 14.1. The summed E-state index contributed by atoms with van der Waals surface area (Å²) in [5, 5.41) is 6.99. The molecule has 2 aromatic heterocycles. The van der Waals surface area contributed by atoms with Gasteiger partial charge >= 0.3 is 0 Å². The molecule has 7 aromatic rings. The molecule has 0 fully saturated rings. The van der Waals surface area contributed by atoms with Gasteiger partial charge in [0.15, 0.2) is 11.5 Å². The van der Waals surface area contributed by atoms with E-state index in [1.54, 1.807) is 0 Å². The summed E-state index contributed by atoms with van der Waals surface area (Å²) in [5.41, 5.74) is 6.17. The van der Waals surface area contributed by atoms with Crippen LogP contribution in [0.15, 0.2) is 106 Å². The number of para-hydroxylation sites is 1. The molecule has 2 heterocycles. The van der Waals surface area contributed by atoms with Gasteiger partial charge in [0, 0.05) is 25.5 Å². The van der Waals surface area contributed by atoms with Gasteiger partial charge in [0.05, 0.1) is 0 Å². The monoisotopic (exact) mass is 576 g/mol. The van der Waals surface area contributed by atoms with E-state index in [0.29, 0.717) is 0 Å². The van der Waals surface area contributed by atoms with Crippen molar-refractivity contribution in [3.8, 4) is 22.6 Å². The van der Waals surface area contributed by atoms with Crippen LogP contribution < -0.4 is 0 Å². The van der Waals surface area contributed by atoms with E-state index in [0.717, 1.165) is 50.0 Å². The number of aryl methyl sites for hydroxylation is 1. The van der Waals surface area contributed by atoms with Crippen LogP contribution in [0.4, 0.5) is 0 Å². The Bertz CT molecular complexity index is 1990. The van der Waals surface area contributed by atoms with E-state index in [1.165, 1.54) is 30.9 Å². The summed E-state index contributed by atoms with van der Waals surface area (Å²) in [6, 6.07) is 32.1. The first-order chi connectivity index (χ1) is 17.6. The van der Waals surface area contributed by atoms with Crippen LogP contribution in [-0.2, 0) is 0 Å². The molecule has 3 heteroatoms. The Morgan fingerprint density at radius 2 is 1.42 bits per heavy atom. The lowest BCUT2D eigenvalue weighted by Crippen LogP contribution is -1.85. The molecule has 0 aliphatic carbocycles. The van der Waals surface area contributed by atoms with Crippen LogP contribution >= 0.6 is 22.6 Å². The molecule has 172 valence electrons. The number of furan rings is 2. The third kappa shape index (κ3) is 3.16. The summed E-state index contributed by atoms with van der Waals surface area (Å²) in [6.07, 6.45) is 1.87. The lowest BCUT2D eigenvalue weighted by atomic mass is 9.95. The molecule has 0 unspecified atom stereocenters. The van der Waals surface area contributed by atoms with E-state index in [-0.39, 0.29) is 0 Å². The number of halogens is 1. The average Bonchev–Trinajstić information content (AvgIpc) is 3.44. The van der Waals surface area contributed by atoms with Gasteiger partial charge in [-0.3, -0.25) is 0 Å². The van der Waals surface area contributed by atoms with Crippen molar-refractivity contribution >= 4 is 72.2 Å². The van der Waals surface area contributed by atoms with E-state index in [2.05, 4.69) is 109 Å². The van der Waals surface area contributed by atoms with Gasteiger partial charge < -0.3 is 8.83 Å². The molecule has 0 aliphatic heterocycles. The van der Waals surface area contributed by atoms with E-state index in [1.807, 2.05) is 24.3 Å². The van der Waals surface area contributed by atoms with Crippen LogP contribution in [0.1, 0.15) is 11.1 Å². The lowest BCUT2D eigenvalue weighted by molar-refractivity contribution is 0.567. The smallest absolute Gasteiger partial charge is 0.178 e. The predicted molar refractivity (Wildman–Crippen MR) is 159 cm³/mol. The van der Waals surface area contributed by atoms with Gasteiger partial charge in [0.1, 0.15) is 11.2 Å². The maximum Gasteiger partial charge on any atom is 0.178 e. The Labute approximate surface area is 222 Å². The Morgan fingerprint density at radius 3 is 2.22 bits per heavy atom. The summed E-state index contributed by atoms with van der Waals surface area (Å²) in [6.45, 7) is 6.19. The number of hydrogen-bond donors (Lipinski definition) is 0. The minimum Gasteiger partial charge on any atom is -0.452 e. The standard InChI is InChI=1S/C33H21IO2/c1-3-23-28-17-22-16-21(25-14-15-29(34)27-10-5-4-9-26(25)27)13-12-20(22)18-31(28)36-33(23)32-19(2)24-8-6-7-11-30(24)35-32/h3-18H,1H2,2H3. The van der Waals surface area contributed by atoms with Crippen LogP contribution in [0.25, 0.3) is 72.2 Å². The average molecular weight is 576 g/mol. The van der Waals surface area contributed by atoms with Crippen molar-refractivity contribution in [2.45, 2.75) is 6.92 Å². The number of rotatable bonds is 3. The zero-order valence-electron chi connectivity index (χ0n) is 19.6. The van der Waals surface area contributed by atoms with Crippen LogP contribution in [0.2, 0.25) is 0 Å². The largest absolute Gasteiger partial charge is 0.452 e. The maximum atomic E-state index is 6.41. The molecular weight excluding hydrogens is 555 g/mol. The minimum atomic E-state index is 0.729. The first-order valence-electron chi connectivity index (χ1n) is 11.9. The Balaban J connectivity index is 1.44. The first kappa shape index (κ1) is 21.5. The second-order valence-corrected chi connectivity index (χ2v) is 10.3. The van der Waals surface area contributed by atoms with Gasteiger partial charge in [-0.05, 0) is 92.5 Å². The summed E-state index contributed by atoms with van der Waals surface area (Å²) in [4.78, 5) is 0. The summed E-state index contributed by atoms with van der Waals surface area (Å²) < 4.78 is 13.9. The van der Waals surface area contributed by atoms with Gasteiger partial charge in [0.25, 0.3) is 0 Å². The van der Waals surface area contributed by atoms with Gasteiger partial charge in [-0.15, -0.1) is 0 Å². The Morgan fingerprint density at radius 1 is 0.667 bits per heavy atom.